The Morgan fingerprint density at radius 1 is 0.952 bits per heavy atom. The van der Waals surface area contributed by atoms with Gasteiger partial charge in [-0.25, -0.2) is 18.4 Å². The summed E-state index contributed by atoms with van der Waals surface area (Å²) in [5.74, 6) is -3.46. The standard InChI is InChI=1S/C31H31F2N3O6/c1-31(2,3)42-30(41)36-26(29(39)40)12-13-34-28(38)19-7-5-17-4-6-18-14-21(9-10-22(18)27(37)23(17)15-19)35-25-11-8-20(32)16-24(25)33/h5,7-11,14-16,26,35H,4,6,12-13H2,1-3H3,(H,34,38)(H,36,41)(H,39,40). The molecule has 0 saturated heterocycles. The highest BCUT2D eigenvalue weighted by Crippen LogP contribution is 2.29. The quantitative estimate of drug-likeness (QED) is 0.291. The number of ketones is 1. The second kappa shape index (κ2) is 12.4. The molecule has 3 aromatic carbocycles. The number of nitrogens with one attached hydrogen (secondary N) is 3. The van der Waals surface area contributed by atoms with Crippen molar-refractivity contribution in [3.05, 3.63) is 94.0 Å². The summed E-state index contributed by atoms with van der Waals surface area (Å²) in [4.78, 5) is 49.8. The molecule has 1 aliphatic carbocycles. The number of carboxylic acids is 1. The molecule has 0 aliphatic heterocycles. The minimum absolute atomic E-state index is 0.0517. The monoisotopic (exact) mass is 579 g/mol. The van der Waals surface area contributed by atoms with Crippen LogP contribution in [0, 0.1) is 11.6 Å². The first-order chi connectivity index (χ1) is 19.8. The van der Waals surface area contributed by atoms with Gasteiger partial charge in [0.25, 0.3) is 5.91 Å². The van der Waals surface area contributed by atoms with E-state index in [1.807, 2.05) is 0 Å². The Morgan fingerprint density at radius 3 is 2.38 bits per heavy atom. The Balaban J connectivity index is 1.43. The van der Waals surface area contributed by atoms with Gasteiger partial charge in [0.1, 0.15) is 23.3 Å². The van der Waals surface area contributed by atoms with E-state index < -0.39 is 41.2 Å². The van der Waals surface area contributed by atoms with Gasteiger partial charge in [-0.3, -0.25) is 9.59 Å². The number of benzene rings is 3. The fourth-order valence-corrected chi connectivity index (χ4v) is 4.55. The van der Waals surface area contributed by atoms with Crippen molar-refractivity contribution in [2.24, 2.45) is 0 Å². The van der Waals surface area contributed by atoms with Gasteiger partial charge in [-0.15, -0.1) is 0 Å². The topological polar surface area (TPSA) is 134 Å². The van der Waals surface area contributed by atoms with Gasteiger partial charge in [-0.05, 0) is 93.6 Å². The normalized spacial score (nSPS) is 13.2. The average molecular weight is 580 g/mol. The smallest absolute Gasteiger partial charge is 0.408 e. The highest BCUT2D eigenvalue weighted by atomic mass is 19.1. The van der Waals surface area contributed by atoms with Crippen LogP contribution >= 0.6 is 0 Å². The first kappa shape index (κ1) is 30.2. The zero-order valence-electron chi connectivity index (χ0n) is 23.3. The number of anilines is 2. The number of aryl methyl sites for hydroxylation is 2. The maximum atomic E-state index is 14.1. The summed E-state index contributed by atoms with van der Waals surface area (Å²) in [6.45, 7) is 4.90. The van der Waals surface area contributed by atoms with Crippen LogP contribution in [-0.2, 0) is 22.4 Å². The van der Waals surface area contributed by atoms with E-state index in [9.17, 15) is 33.1 Å². The molecule has 9 nitrogen and oxygen atoms in total. The van der Waals surface area contributed by atoms with Gasteiger partial charge < -0.3 is 25.8 Å². The highest BCUT2D eigenvalue weighted by Gasteiger charge is 2.25. The Morgan fingerprint density at radius 2 is 1.69 bits per heavy atom. The third-order valence-electron chi connectivity index (χ3n) is 6.55. The lowest BCUT2D eigenvalue weighted by molar-refractivity contribution is -0.139. The number of amides is 2. The van der Waals surface area contributed by atoms with Crippen LogP contribution in [0.2, 0.25) is 0 Å². The summed E-state index contributed by atoms with van der Waals surface area (Å²) in [6.07, 6.45) is 0.0928. The van der Waals surface area contributed by atoms with Crippen molar-refractivity contribution in [1.82, 2.24) is 10.6 Å². The van der Waals surface area contributed by atoms with Gasteiger partial charge in [0.05, 0.1) is 5.69 Å². The van der Waals surface area contributed by atoms with Crippen molar-refractivity contribution >= 4 is 35.1 Å². The third-order valence-corrected chi connectivity index (χ3v) is 6.55. The van der Waals surface area contributed by atoms with Crippen LogP contribution in [0.15, 0.2) is 54.6 Å². The number of hydrogen-bond acceptors (Lipinski definition) is 6. The molecule has 0 radical (unpaired) electrons. The van der Waals surface area contributed by atoms with Crippen LogP contribution in [0.5, 0.6) is 0 Å². The number of halogens is 2. The number of hydrogen-bond donors (Lipinski definition) is 4. The van der Waals surface area contributed by atoms with Gasteiger partial charge in [0, 0.05) is 35.0 Å². The fraction of sp³-hybridized carbons (Fsp3) is 0.290. The first-order valence-corrected chi connectivity index (χ1v) is 13.3. The number of alkyl carbamates (subject to hydrolysis) is 1. The summed E-state index contributed by atoms with van der Waals surface area (Å²) < 4.78 is 32.4. The van der Waals surface area contributed by atoms with E-state index in [4.69, 9.17) is 4.74 Å². The molecule has 220 valence electrons. The van der Waals surface area contributed by atoms with Gasteiger partial charge in [0.15, 0.2) is 5.78 Å². The molecular weight excluding hydrogens is 548 g/mol. The van der Waals surface area contributed by atoms with Crippen molar-refractivity contribution < 1.29 is 37.8 Å². The van der Waals surface area contributed by atoms with Crippen LogP contribution in [-0.4, -0.2) is 47.0 Å². The number of aliphatic carboxylic acids is 1. The second-order valence-corrected chi connectivity index (χ2v) is 10.9. The lowest BCUT2D eigenvalue weighted by atomic mass is 9.96. The second-order valence-electron chi connectivity index (χ2n) is 10.9. The number of carbonyl (C=O) groups is 4. The van der Waals surface area contributed by atoms with Crippen molar-refractivity contribution in [3.63, 3.8) is 0 Å². The molecule has 3 aromatic rings. The number of ether oxygens (including phenoxy) is 1. The first-order valence-electron chi connectivity index (χ1n) is 13.3. The van der Waals surface area contributed by atoms with Crippen LogP contribution in [0.25, 0.3) is 0 Å². The van der Waals surface area contributed by atoms with Crippen molar-refractivity contribution in [2.75, 3.05) is 11.9 Å². The molecule has 11 heteroatoms. The molecule has 1 atom stereocenters. The summed E-state index contributed by atoms with van der Waals surface area (Å²) in [6, 6.07) is 11.8. The van der Waals surface area contributed by atoms with E-state index in [0.717, 1.165) is 23.3 Å². The van der Waals surface area contributed by atoms with E-state index >= 15 is 0 Å². The Labute approximate surface area is 241 Å². The highest BCUT2D eigenvalue weighted by molar-refractivity contribution is 6.12. The minimum atomic E-state index is -1.27. The maximum absolute atomic E-state index is 14.1. The predicted molar refractivity (Wildman–Crippen MR) is 151 cm³/mol. The number of carboxylic acid groups (broad SMARTS) is 1. The van der Waals surface area contributed by atoms with E-state index in [-0.39, 0.29) is 30.0 Å². The third kappa shape index (κ3) is 7.48. The molecule has 42 heavy (non-hydrogen) atoms. The molecule has 0 saturated carbocycles. The Hall–Kier alpha value is -4.80. The van der Waals surface area contributed by atoms with Gasteiger partial charge in [-0.2, -0.15) is 0 Å². The number of rotatable bonds is 8. The Kier molecular flexibility index (Phi) is 8.89. The largest absolute Gasteiger partial charge is 0.480 e. The number of carbonyl (C=O) groups excluding carboxylic acids is 3. The molecular formula is C31H31F2N3O6. The average Bonchev–Trinajstić information content (AvgIpc) is 3.04. The lowest BCUT2D eigenvalue weighted by Gasteiger charge is -2.22. The summed E-state index contributed by atoms with van der Waals surface area (Å²) in [5, 5.41) is 17.3. The molecule has 0 aromatic heterocycles. The minimum Gasteiger partial charge on any atom is -0.480 e. The Bertz CT molecular complexity index is 1550. The zero-order chi connectivity index (χ0) is 30.6. The van der Waals surface area contributed by atoms with Crippen molar-refractivity contribution in [3.8, 4) is 0 Å². The zero-order valence-corrected chi connectivity index (χ0v) is 23.3. The van der Waals surface area contributed by atoms with Crippen molar-refractivity contribution in [2.45, 2.75) is 51.7 Å². The van der Waals surface area contributed by atoms with Gasteiger partial charge >= 0.3 is 12.1 Å². The van der Waals surface area contributed by atoms with E-state index in [1.54, 1.807) is 51.1 Å². The molecule has 0 bridgehead atoms. The molecule has 0 fully saturated rings. The predicted octanol–water partition coefficient (Wildman–Crippen LogP) is 5.14. The van der Waals surface area contributed by atoms with Crippen molar-refractivity contribution in [1.29, 1.82) is 0 Å². The van der Waals surface area contributed by atoms with Gasteiger partial charge in [0.2, 0.25) is 0 Å². The summed E-state index contributed by atoms with van der Waals surface area (Å²) in [7, 11) is 0. The molecule has 0 spiro atoms. The SMILES string of the molecule is CC(C)(C)OC(=O)NC(CCNC(=O)c1ccc2c(c1)C(=O)c1ccc(Nc3ccc(F)cc3F)cc1CC2)C(=O)O. The van der Waals surface area contributed by atoms with Gasteiger partial charge in [-0.1, -0.05) is 6.07 Å². The molecule has 4 N–H and O–H groups in total. The van der Waals surface area contributed by atoms with Crippen LogP contribution in [0.1, 0.15) is 64.6 Å². The van der Waals surface area contributed by atoms with Crippen LogP contribution in [0.3, 0.4) is 0 Å². The van der Waals surface area contributed by atoms with Crippen LogP contribution < -0.4 is 16.0 Å². The summed E-state index contributed by atoms with van der Waals surface area (Å²) >= 11 is 0. The summed E-state index contributed by atoms with van der Waals surface area (Å²) in [5.41, 5.74) is 2.40. The molecule has 1 unspecified atom stereocenters. The maximum Gasteiger partial charge on any atom is 0.408 e. The molecule has 0 heterocycles. The number of fused-ring (bicyclic) bond motifs is 2. The lowest BCUT2D eigenvalue weighted by Crippen LogP contribution is -2.45. The fourth-order valence-electron chi connectivity index (χ4n) is 4.55. The molecule has 1 aliphatic rings. The molecule has 4 rings (SSSR count). The van der Waals surface area contributed by atoms with E-state index in [1.165, 1.54) is 12.1 Å². The van der Waals surface area contributed by atoms with E-state index in [2.05, 4.69) is 16.0 Å². The molecule has 2 amide bonds. The van der Waals surface area contributed by atoms with Crippen LogP contribution in [0.4, 0.5) is 25.0 Å². The van der Waals surface area contributed by atoms with E-state index in [0.29, 0.717) is 29.7 Å².